The normalized spacial score (nSPS) is 8.56. The first-order valence-corrected chi connectivity index (χ1v) is 3.59. The van der Waals surface area contributed by atoms with Crippen molar-refractivity contribution < 1.29 is 0 Å². The van der Waals surface area contributed by atoms with Gasteiger partial charge in [0.05, 0.1) is 0 Å². The summed E-state index contributed by atoms with van der Waals surface area (Å²) in [6, 6.07) is 0. The quantitative estimate of drug-likeness (QED) is 0.312. The Kier molecular flexibility index (Phi) is 13.9. The van der Waals surface area contributed by atoms with E-state index >= 15 is 0 Å². The molecule has 0 fully saturated rings. The molecule has 0 rings (SSSR count). The molecule has 1 atom stereocenters. The van der Waals surface area contributed by atoms with E-state index in [0.29, 0.717) is 0 Å². The standard InChI is InChI=1S/C5H8BP.C2H6/c1-3-4-5(7)6-2;1-2/h3-4H,1-2,7H2;1-2H3/b5-4+;. The van der Waals surface area contributed by atoms with Crippen LogP contribution in [0.15, 0.2) is 23.9 Å². The van der Waals surface area contributed by atoms with Gasteiger partial charge in [0.1, 0.15) is 0 Å². The summed E-state index contributed by atoms with van der Waals surface area (Å²) >= 11 is 0. The first-order chi connectivity index (χ1) is 4.31. The Balaban J connectivity index is 0. The van der Waals surface area contributed by atoms with Crippen LogP contribution in [0.5, 0.6) is 0 Å². The molecular weight excluding hydrogens is 126 g/mol. The number of allylic oxidation sites excluding steroid dienone is 2. The van der Waals surface area contributed by atoms with Crippen LogP contribution in [0.25, 0.3) is 0 Å². The molecule has 0 N–H and O–H groups in total. The van der Waals surface area contributed by atoms with E-state index in [1.54, 1.807) is 13.0 Å². The molecule has 0 saturated carbocycles. The predicted octanol–water partition coefficient (Wildman–Crippen LogP) is 2.05. The van der Waals surface area contributed by atoms with Gasteiger partial charge in [-0.3, -0.25) is 0 Å². The molecule has 0 nitrogen and oxygen atoms in total. The van der Waals surface area contributed by atoms with Gasteiger partial charge in [0, 0.05) is 0 Å². The van der Waals surface area contributed by atoms with Gasteiger partial charge in [0.2, 0.25) is 0 Å². The van der Waals surface area contributed by atoms with Crippen molar-refractivity contribution in [3.05, 3.63) is 23.9 Å². The van der Waals surface area contributed by atoms with Crippen LogP contribution in [0.4, 0.5) is 0 Å². The van der Waals surface area contributed by atoms with E-state index in [-0.39, 0.29) is 0 Å². The van der Waals surface area contributed by atoms with Gasteiger partial charge in [0.15, 0.2) is 0 Å². The van der Waals surface area contributed by atoms with E-state index in [1.807, 2.05) is 19.9 Å². The van der Waals surface area contributed by atoms with Crippen LogP contribution in [0.1, 0.15) is 13.8 Å². The molecular formula is C7H14BP. The van der Waals surface area contributed by atoms with Crippen LogP contribution in [-0.4, -0.2) is 13.4 Å². The van der Waals surface area contributed by atoms with Crippen molar-refractivity contribution in [1.82, 2.24) is 0 Å². The molecule has 0 amide bonds. The van der Waals surface area contributed by atoms with Gasteiger partial charge in [-0.1, -0.05) is 13.8 Å². The van der Waals surface area contributed by atoms with E-state index in [1.165, 1.54) is 0 Å². The second-order valence-corrected chi connectivity index (χ2v) is 1.77. The second kappa shape index (κ2) is 10.8. The predicted molar refractivity (Wildman–Crippen MR) is 52.2 cm³/mol. The Morgan fingerprint density at radius 1 is 1.56 bits per heavy atom. The first kappa shape index (κ1) is 11.6. The van der Waals surface area contributed by atoms with Gasteiger partial charge in [0.25, 0.3) is 0 Å². The maximum Gasteiger partial charge on any atom is -0.0683 e. The minimum atomic E-state index is 1.06. The van der Waals surface area contributed by atoms with Crippen LogP contribution < -0.4 is 0 Å². The summed E-state index contributed by atoms with van der Waals surface area (Å²) < 4.78 is 0. The summed E-state index contributed by atoms with van der Waals surface area (Å²) in [6.45, 7) is 12.8. The zero-order chi connectivity index (χ0) is 7.70. The van der Waals surface area contributed by atoms with Crippen molar-refractivity contribution in [3.63, 3.8) is 0 Å². The van der Waals surface area contributed by atoms with Gasteiger partial charge in [-0.05, 0) is 0 Å². The van der Waals surface area contributed by atoms with Gasteiger partial charge in [-0.15, -0.1) is 0 Å². The van der Waals surface area contributed by atoms with Crippen molar-refractivity contribution in [2.75, 3.05) is 0 Å². The molecule has 0 radical (unpaired) electrons. The third-order valence-electron chi connectivity index (χ3n) is 0.546. The fourth-order valence-corrected chi connectivity index (χ4v) is 0.340. The number of rotatable bonds is 2. The molecule has 2 heteroatoms. The fraction of sp³-hybridized carbons (Fsp3) is 0.286. The van der Waals surface area contributed by atoms with Gasteiger partial charge in [-0.2, -0.15) is 0 Å². The van der Waals surface area contributed by atoms with Crippen LogP contribution in [0.2, 0.25) is 0 Å². The smallest absolute Gasteiger partial charge is 0.0683 e. The summed E-state index contributed by atoms with van der Waals surface area (Å²) in [7, 11) is 2.53. The minimum Gasteiger partial charge on any atom is -0.0683 e. The molecule has 0 aliphatic rings. The van der Waals surface area contributed by atoms with E-state index in [4.69, 9.17) is 0 Å². The van der Waals surface area contributed by atoms with Gasteiger partial charge >= 0.3 is 46.6 Å². The Bertz CT molecular complexity index is 105. The molecule has 0 saturated heterocycles. The van der Waals surface area contributed by atoms with E-state index in [2.05, 4.69) is 22.3 Å². The largest absolute Gasteiger partial charge is 0.0683 e. The fourth-order valence-electron chi connectivity index (χ4n) is 0.204. The second-order valence-electron chi connectivity index (χ2n) is 1.11. The molecule has 0 spiro atoms. The summed E-state index contributed by atoms with van der Waals surface area (Å²) in [5.41, 5.74) is 0. The zero-order valence-corrected chi connectivity index (χ0v) is 7.38. The van der Waals surface area contributed by atoms with Crippen molar-refractivity contribution >= 4 is 22.6 Å². The maximum absolute atomic E-state index is 3.54. The van der Waals surface area contributed by atoms with Gasteiger partial charge < -0.3 is 0 Å². The Labute approximate surface area is 61.2 Å². The van der Waals surface area contributed by atoms with E-state index in [0.717, 1.165) is 5.21 Å². The molecule has 0 aromatic carbocycles. The van der Waals surface area contributed by atoms with Crippen molar-refractivity contribution in [2.24, 2.45) is 0 Å². The molecule has 0 aromatic heterocycles. The maximum atomic E-state index is 3.54. The number of hydrogen-bond donors (Lipinski definition) is 0. The Morgan fingerprint density at radius 2 is 2.00 bits per heavy atom. The average Bonchev–Trinajstić information content (AvgIpc) is 1.93. The van der Waals surface area contributed by atoms with Crippen molar-refractivity contribution in [2.45, 2.75) is 13.8 Å². The SMILES string of the molecule is C=B/C(P)=C\C=C.CC. The molecule has 0 heterocycles. The van der Waals surface area contributed by atoms with E-state index in [9.17, 15) is 0 Å². The van der Waals surface area contributed by atoms with Gasteiger partial charge in [-0.25, -0.2) is 0 Å². The van der Waals surface area contributed by atoms with Crippen LogP contribution in [0.3, 0.4) is 0 Å². The summed E-state index contributed by atoms with van der Waals surface area (Å²) in [5, 5.41) is 1.06. The van der Waals surface area contributed by atoms with Crippen molar-refractivity contribution in [3.8, 4) is 0 Å². The first-order valence-electron chi connectivity index (χ1n) is 3.02. The summed E-state index contributed by atoms with van der Waals surface area (Å²) in [6.07, 6.45) is 3.60. The van der Waals surface area contributed by atoms with Crippen LogP contribution >= 0.6 is 9.24 Å². The molecule has 0 aromatic rings. The Morgan fingerprint density at radius 3 is 2.11 bits per heavy atom. The van der Waals surface area contributed by atoms with E-state index < -0.39 is 0 Å². The Hall–Kier alpha value is -0.155. The molecule has 50 valence electrons. The molecule has 9 heavy (non-hydrogen) atoms. The summed E-state index contributed by atoms with van der Waals surface area (Å²) in [5.74, 6) is 0. The third kappa shape index (κ3) is 11.4. The summed E-state index contributed by atoms with van der Waals surface area (Å²) in [4.78, 5) is 0. The average molecular weight is 140 g/mol. The zero-order valence-electron chi connectivity index (χ0n) is 6.22. The number of hydrogen-bond acceptors (Lipinski definition) is 0. The van der Waals surface area contributed by atoms with Crippen LogP contribution in [-0.2, 0) is 0 Å². The van der Waals surface area contributed by atoms with Crippen molar-refractivity contribution in [1.29, 1.82) is 0 Å². The molecule has 0 aliphatic carbocycles. The minimum absolute atomic E-state index is 1.06. The molecule has 0 aliphatic heterocycles. The monoisotopic (exact) mass is 140 g/mol. The molecule has 1 unspecified atom stereocenters. The third-order valence-corrected chi connectivity index (χ3v) is 0.974. The van der Waals surface area contributed by atoms with Crippen LogP contribution in [0, 0.1) is 0 Å². The molecule has 0 bridgehead atoms. The topological polar surface area (TPSA) is 0 Å².